The zero-order valence-electron chi connectivity index (χ0n) is 9.51. The maximum Gasteiger partial charge on any atom is 0.165 e. The highest BCUT2D eigenvalue weighted by molar-refractivity contribution is 5.96. The molecule has 0 atom stereocenters. The second-order valence-corrected chi connectivity index (χ2v) is 4.29. The van der Waals surface area contributed by atoms with Crippen LogP contribution in [0.3, 0.4) is 0 Å². The first-order valence-electron chi connectivity index (χ1n) is 5.30. The van der Waals surface area contributed by atoms with E-state index in [1.165, 1.54) is 0 Å². The minimum atomic E-state index is -0.369. The molecule has 0 amide bonds. The van der Waals surface area contributed by atoms with Crippen LogP contribution in [0.5, 0.6) is 0 Å². The summed E-state index contributed by atoms with van der Waals surface area (Å²) in [5.41, 5.74) is 0.765. The van der Waals surface area contributed by atoms with E-state index in [0.29, 0.717) is 17.9 Å². The van der Waals surface area contributed by atoms with E-state index in [2.05, 4.69) is 13.8 Å². The largest absolute Gasteiger partial charge is 0.294 e. The Kier molecular flexibility index (Phi) is 4.01. The summed E-state index contributed by atoms with van der Waals surface area (Å²) in [5, 5.41) is 0. The van der Waals surface area contributed by atoms with Gasteiger partial charge in [-0.05, 0) is 30.9 Å². The van der Waals surface area contributed by atoms with Gasteiger partial charge >= 0.3 is 0 Å². The van der Waals surface area contributed by atoms with E-state index in [0.717, 1.165) is 6.42 Å². The number of hydrogen-bond donors (Lipinski definition) is 0. The molecule has 0 unspecified atom stereocenters. The van der Waals surface area contributed by atoms with E-state index in [4.69, 9.17) is 0 Å². The van der Waals surface area contributed by atoms with Crippen LogP contribution in [0.2, 0.25) is 0 Å². The summed E-state index contributed by atoms with van der Waals surface area (Å²) in [6.45, 7) is 5.79. The molecule has 2 heteroatoms. The molecule has 0 saturated carbocycles. The summed E-state index contributed by atoms with van der Waals surface area (Å²) in [4.78, 5) is 11.7. The highest BCUT2D eigenvalue weighted by Crippen LogP contribution is 2.16. The van der Waals surface area contributed by atoms with Crippen molar-refractivity contribution in [2.24, 2.45) is 5.92 Å². The number of hydrogen-bond acceptors (Lipinski definition) is 1. The van der Waals surface area contributed by atoms with Crippen LogP contribution in [0, 0.1) is 18.7 Å². The van der Waals surface area contributed by atoms with Crippen molar-refractivity contribution in [3.8, 4) is 0 Å². The van der Waals surface area contributed by atoms with Gasteiger partial charge in [0.2, 0.25) is 0 Å². The zero-order chi connectivity index (χ0) is 11.4. The first-order valence-corrected chi connectivity index (χ1v) is 5.30. The molecule has 0 saturated heterocycles. The Hall–Kier alpha value is -1.18. The van der Waals surface area contributed by atoms with Crippen LogP contribution in [0.25, 0.3) is 0 Å². The monoisotopic (exact) mass is 208 g/mol. The number of aryl methyl sites for hydroxylation is 1. The molecular formula is C13H17FO. The summed E-state index contributed by atoms with van der Waals surface area (Å²) in [6.07, 6.45) is 1.24. The van der Waals surface area contributed by atoms with Crippen molar-refractivity contribution in [1.82, 2.24) is 0 Å². The second-order valence-electron chi connectivity index (χ2n) is 4.29. The minimum absolute atomic E-state index is 0.0927. The quantitative estimate of drug-likeness (QED) is 0.689. The van der Waals surface area contributed by atoms with Gasteiger partial charge in [0, 0.05) is 6.42 Å². The van der Waals surface area contributed by atoms with Crippen molar-refractivity contribution in [2.45, 2.75) is 33.6 Å². The van der Waals surface area contributed by atoms with Crippen LogP contribution in [0.15, 0.2) is 18.2 Å². The molecule has 0 aliphatic heterocycles. The van der Waals surface area contributed by atoms with E-state index < -0.39 is 0 Å². The minimum Gasteiger partial charge on any atom is -0.294 e. The van der Waals surface area contributed by atoms with Crippen molar-refractivity contribution in [3.63, 3.8) is 0 Å². The summed E-state index contributed by atoms with van der Waals surface area (Å²) >= 11 is 0. The maximum absolute atomic E-state index is 13.6. The molecule has 0 aromatic heterocycles. The molecule has 1 nitrogen and oxygen atoms in total. The number of Topliss-reactive ketones (excluding diaryl/α,β-unsaturated/α-hetero) is 1. The maximum atomic E-state index is 13.6. The van der Waals surface area contributed by atoms with E-state index in [-0.39, 0.29) is 17.2 Å². The SMILES string of the molecule is Cc1cccc(C(=O)CCC(C)C)c1F. The van der Waals surface area contributed by atoms with Crippen molar-refractivity contribution < 1.29 is 9.18 Å². The lowest BCUT2D eigenvalue weighted by atomic mass is 10.00. The van der Waals surface area contributed by atoms with Crippen molar-refractivity contribution in [2.75, 3.05) is 0 Å². The number of rotatable bonds is 4. The molecule has 0 aliphatic carbocycles. The van der Waals surface area contributed by atoms with Crippen LogP contribution in [0.1, 0.15) is 42.6 Å². The third-order valence-electron chi connectivity index (χ3n) is 2.44. The highest BCUT2D eigenvalue weighted by Gasteiger charge is 2.13. The van der Waals surface area contributed by atoms with E-state index >= 15 is 0 Å². The fourth-order valence-corrected chi connectivity index (χ4v) is 1.42. The molecular weight excluding hydrogens is 191 g/mol. The highest BCUT2D eigenvalue weighted by atomic mass is 19.1. The van der Waals surface area contributed by atoms with Crippen molar-refractivity contribution in [1.29, 1.82) is 0 Å². The van der Waals surface area contributed by atoms with Crippen LogP contribution in [0.4, 0.5) is 4.39 Å². The van der Waals surface area contributed by atoms with Gasteiger partial charge in [-0.15, -0.1) is 0 Å². The van der Waals surface area contributed by atoms with Crippen molar-refractivity contribution in [3.05, 3.63) is 35.1 Å². The lowest BCUT2D eigenvalue weighted by Crippen LogP contribution is -2.05. The summed E-state index contributed by atoms with van der Waals surface area (Å²) in [5.74, 6) is 0.0120. The number of carbonyl (C=O) groups is 1. The van der Waals surface area contributed by atoms with Gasteiger partial charge in [0.05, 0.1) is 5.56 Å². The fourth-order valence-electron chi connectivity index (χ4n) is 1.42. The standard InChI is InChI=1S/C13H17FO/c1-9(2)7-8-12(15)11-6-4-5-10(3)13(11)14/h4-6,9H,7-8H2,1-3H3. The van der Waals surface area contributed by atoms with Gasteiger partial charge in [-0.2, -0.15) is 0 Å². The third-order valence-corrected chi connectivity index (χ3v) is 2.44. The summed E-state index contributed by atoms with van der Waals surface area (Å²) < 4.78 is 13.6. The molecule has 0 N–H and O–H groups in total. The van der Waals surface area contributed by atoms with Gasteiger partial charge in [-0.25, -0.2) is 4.39 Å². The number of carbonyl (C=O) groups excluding carboxylic acids is 1. The molecule has 0 heterocycles. The lowest BCUT2D eigenvalue weighted by Gasteiger charge is -2.06. The summed E-state index contributed by atoms with van der Waals surface area (Å²) in [7, 11) is 0. The van der Waals surface area contributed by atoms with Gasteiger partial charge in [-0.1, -0.05) is 26.0 Å². The molecule has 1 aromatic rings. The molecule has 15 heavy (non-hydrogen) atoms. The predicted octanol–water partition coefficient (Wildman–Crippen LogP) is 3.75. The Bertz CT molecular complexity index is 356. The molecule has 0 fully saturated rings. The second kappa shape index (κ2) is 5.06. The Labute approximate surface area is 90.3 Å². The zero-order valence-corrected chi connectivity index (χ0v) is 9.51. The lowest BCUT2D eigenvalue weighted by molar-refractivity contribution is 0.0971. The topological polar surface area (TPSA) is 17.1 Å². The van der Waals surface area contributed by atoms with Gasteiger partial charge < -0.3 is 0 Å². The van der Waals surface area contributed by atoms with E-state index in [1.54, 1.807) is 25.1 Å². The fraction of sp³-hybridized carbons (Fsp3) is 0.462. The molecule has 0 spiro atoms. The Morgan fingerprint density at radius 3 is 2.67 bits per heavy atom. The molecule has 1 rings (SSSR count). The van der Waals surface area contributed by atoms with Crippen LogP contribution < -0.4 is 0 Å². The number of ketones is 1. The number of benzene rings is 1. The molecule has 0 aliphatic rings. The van der Waals surface area contributed by atoms with Crippen LogP contribution in [-0.4, -0.2) is 5.78 Å². The van der Waals surface area contributed by atoms with E-state index in [9.17, 15) is 9.18 Å². The molecule has 1 aromatic carbocycles. The average molecular weight is 208 g/mol. The molecule has 82 valence electrons. The Morgan fingerprint density at radius 1 is 1.40 bits per heavy atom. The van der Waals surface area contributed by atoms with Gasteiger partial charge in [0.25, 0.3) is 0 Å². The van der Waals surface area contributed by atoms with Gasteiger partial charge in [-0.3, -0.25) is 4.79 Å². The smallest absolute Gasteiger partial charge is 0.165 e. The Morgan fingerprint density at radius 2 is 2.07 bits per heavy atom. The summed E-state index contributed by atoms with van der Waals surface area (Å²) in [6, 6.07) is 4.96. The predicted molar refractivity (Wildman–Crippen MR) is 59.5 cm³/mol. The average Bonchev–Trinajstić information content (AvgIpc) is 2.18. The Balaban J connectivity index is 2.78. The van der Waals surface area contributed by atoms with Gasteiger partial charge in [0.1, 0.15) is 5.82 Å². The van der Waals surface area contributed by atoms with Crippen LogP contribution in [-0.2, 0) is 0 Å². The number of halogens is 1. The first kappa shape index (κ1) is 11.9. The van der Waals surface area contributed by atoms with E-state index in [1.807, 2.05) is 0 Å². The molecule has 0 bridgehead atoms. The normalized spacial score (nSPS) is 10.7. The first-order chi connectivity index (χ1) is 7.02. The van der Waals surface area contributed by atoms with Crippen molar-refractivity contribution >= 4 is 5.78 Å². The van der Waals surface area contributed by atoms with Crippen LogP contribution >= 0.6 is 0 Å². The van der Waals surface area contributed by atoms with Gasteiger partial charge in [0.15, 0.2) is 5.78 Å². The third kappa shape index (κ3) is 3.15. The molecule has 0 radical (unpaired) electrons.